The van der Waals surface area contributed by atoms with Gasteiger partial charge in [-0.3, -0.25) is 4.79 Å². The molecular weight excluding hydrogens is 245 g/mol. The fourth-order valence-electron chi connectivity index (χ4n) is 1.81. The zero-order valence-electron chi connectivity index (χ0n) is 9.88. The van der Waals surface area contributed by atoms with E-state index in [1.54, 1.807) is 6.92 Å². The fraction of sp³-hybridized carbons (Fsp3) is 0.333. The van der Waals surface area contributed by atoms with Gasteiger partial charge in [0.2, 0.25) is 0 Å². The number of hydrazone groups is 1. The van der Waals surface area contributed by atoms with Gasteiger partial charge in [-0.15, -0.1) is 0 Å². The Morgan fingerprint density at radius 1 is 1.22 bits per heavy atom. The highest BCUT2D eigenvalue weighted by molar-refractivity contribution is 6.15. The first kappa shape index (κ1) is 12.6. The Morgan fingerprint density at radius 3 is 2.39 bits per heavy atom. The molecular formula is C12H11F3N2O. The second kappa shape index (κ2) is 4.44. The third-order valence-corrected chi connectivity index (χ3v) is 2.89. The summed E-state index contributed by atoms with van der Waals surface area (Å²) in [7, 11) is 0. The van der Waals surface area contributed by atoms with Gasteiger partial charge in [-0.25, -0.2) is 13.2 Å². The number of nitrogens with zero attached hydrogens (tertiary/aromatic N) is 2. The first-order chi connectivity index (χ1) is 8.45. The van der Waals surface area contributed by atoms with Crippen LogP contribution in [0.5, 0.6) is 0 Å². The molecule has 0 spiro atoms. The Hall–Kier alpha value is -1.85. The smallest absolute Gasteiger partial charge is 0.256 e. The van der Waals surface area contributed by atoms with Gasteiger partial charge in [-0.1, -0.05) is 6.92 Å². The molecule has 1 amide bonds. The maximum absolute atomic E-state index is 13.5. The Balaban J connectivity index is 2.47. The molecule has 0 aliphatic carbocycles. The van der Waals surface area contributed by atoms with Crippen molar-refractivity contribution in [3.8, 4) is 0 Å². The van der Waals surface area contributed by atoms with Crippen LogP contribution in [-0.4, -0.2) is 11.6 Å². The predicted octanol–water partition coefficient (Wildman–Crippen LogP) is 2.85. The van der Waals surface area contributed by atoms with E-state index in [2.05, 4.69) is 5.10 Å². The van der Waals surface area contributed by atoms with Crippen LogP contribution in [0.2, 0.25) is 0 Å². The molecule has 0 N–H and O–H groups in total. The number of carbonyl (C=O) groups is 1. The van der Waals surface area contributed by atoms with Gasteiger partial charge in [-0.2, -0.15) is 10.1 Å². The van der Waals surface area contributed by atoms with Crippen LogP contribution in [0.15, 0.2) is 17.2 Å². The maximum atomic E-state index is 13.5. The molecule has 0 saturated heterocycles. The van der Waals surface area contributed by atoms with Crippen molar-refractivity contribution in [3.05, 3.63) is 29.6 Å². The highest BCUT2D eigenvalue weighted by atomic mass is 19.2. The fourth-order valence-corrected chi connectivity index (χ4v) is 1.81. The van der Waals surface area contributed by atoms with Crippen LogP contribution >= 0.6 is 0 Å². The molecule has 1 aliphatic heterocycles. The minimum Gasteiger partial charge on any atom is -0.272 e. The second-order valence-electron chi connectivity index (χ2n) is 4.03. The van der Waals surface area contributed by atoms with Crippen LogP contribution in [0.1, 0.15) is 20.3 Å². The number of hydrogen-bond acceptors (Lipinski definition) is 2. The lowest BCUT2D eigenvalue weighted by Crippen LogP contribution is -2.26. The Kier molecular flexibility index (Phi) is 3.11. The number of anilines is 1. The van der Waals surface area contributed by atoms with E-state index in [1.807, 2.05) is 6.92 Å². The van der Waals surface area contributed by atoms with Crippen molar-refractivity contribution in [2.75, 3.05) is 5.01 Å². The molecule has 0 bridgehead atoms. The summed E-state index contributed by atoms with van der Waals surface area (Å²) in [5, 5.41) is 4.73. The van der Waals surface area contributed by atoms with Crippen LogP contribution in [0, 0.1) is 23.4 Å². The molecule has 3 nitrogen and oxygen atoms in total. The number of amides is 1. The van der Waals surface area contributed by atoms with E-state index in [1.165, 1.54) is 0 Å². The summed E-state index contributed by atoms with van der Waals surface area (Å²) in [6.07, 6.45) is 0.536. The molecule has 1 atom stereocenters. The molecule has 0 fully saturated rings. The molecule has 1 unspecified atom stereocenters. The minimum atomic E-state index is -1.30. The average Bonchev–Trinajstić information content (AvgIpc) is 2.61. The van der Waals surface area contributed by atoms with E-state index < -0.39 is 29.3 Å². The van der Waals surface area contributed by atoms with Crippen molar-refractivity contribution < 1.29 is 18.0 Å². The molecule has 6 heteroatoms. The van der Waals surface area contributed by atoms with Gasteiger partial charge in [0.05, 0.1) is 11.6 Å². The standard InChI is InChI=1S/C12H11F3N2O/c1-3-10-6(2)12(18)17(16-10)11-5-8(14)7(13)4-9(11)15/h4-6H,3H2,1-2H3. The third kappa shape index (κ3) is 1.87. The van der Waals surface area contributed by atoms with E-state index in [0.29, 0.717) is 24.3 Å². The normalized spacial score (nSPS) is 19.4. The monoisotopic (exact) mass is 256 g/mol. The summed E-state index contributed by atoms with van der Waals surface area (Å²) in [6.45, 7) is 3.45. The zero-order chi connectivity index (χ0) is 13.4. The van der Waals surface area contributed by atoms with E-state index in [0.717, 1.165) is 5.01 Å². The first-order valence-corrected chi connectivity index (χ1v) is 5.51. The molecule has 1 aromatic carbocycles. The predicted molar refractivity (Wildman–Crippen MR) is 60.7 cm³/mol. The molecule has 2 rings (SSSR count). The number of hydrogen-bond donors (Lipinski definition) is 0. The topological polar surface area (TPSA) is 32.7 Å². The van der Waals surface area contributed by atoms with Gasteiger partial charge >= 0.3 is 0 Å². The molecule has 0 aromatic heterocycles. The first-order valence-electron chi connectivity index (χ1n) is 5.51. The number of rotatable bonds is 2. The van der Waals surface area contributed by atoms with Crippen LogP contribution in [0.25, 0.3) is 0 Å². The summed E-state index contributed by atoms with van der Waals surface area (Å²) in [5.41, 5.74) is 0.221. The molecule has 1 aromatic rings. The van der Waals surface area contributed by atoms with Crippen molar-refractivity contribution >= 4 is 17.3 Å². The molecule has 0 saturated carbocycles. The van der Waals surface area contributed by atoms with Gasteiger partial charge in [-0.05, 0) is 13.3 Å². The SMILES string of the molecule is CCC1=NN(c2cc(F)c(F)cc2F)C(=O)C1C. The van der Waals surface area contributed by atoms with Crippen LogP contribution in [0.3, 0.4) is 0 Å². The molecule has 1 aliphatic rings. The van der Waals surface area contributed by atoms with Crippen molar-refractivity contribution in [2.24, 2.45) is 11.0 Å². The summed E-state index contributed by atoms with van der Waals surface area (Å²) < 4.78 is 39.4. The molecule has 0 radical (unpaired) electrons. The highest BCUT2D eigenvalue weighted by Crippen LogP contribution is 2.28. The van der Waals surface area contributed by atoms with Gasteiger partial charge in [0.15, 0.2) is 17.5 Å². The highest BCUT2D eigenvalue weighted by Gasteiger charge is 2.33. The summed E-state index contributed by atoms with van der Waals surface area (Å²) in [4.78, 5) is 11.9. The molecule has 18 heavy (non-hydrogen) atoms. The second-order valence-corrected chi connectivity index (χ2v) is 4.03. The number of carbonyl (C=O) groups excluding carboxylic acids is 1. The van der Waals surface area contributed by atoms with E-state index in [9.17, 15) is 18.0 Å². The van der Waals surface area contributed by atoms with Gasteiger partial charge in [0, 0.05) is 12.1 Å². The van der Waals surface area contributed by atoms with Crippen LogP contribution in [-0.2, 0) is 4.79 Å². The minimum absolute atomic E-state index is 0.366. The Labute approximate surface area is 102 Å². The number of benzene rings is 1. The molecule has 96 valence electrons. The van der Waals surface area contributed by atoms with Crippen molar-refractivity contribution in [3.63, 3.8) is 0 Å². The lowest BCUT2D eigenvalue weighted by Gasteiger charge is -2.13. The van der Waals surface area contributed by atoms with Crippen molar-refractivity contribution in [1.82, 2.24) is 0 Å². The van der Waals surface area contributed by atoms with Gasteiger partial charge < -0.3 is 0 Å². The Bertz CT molecular complexity index is 542. The lowest BCUT2D eigenvalue weighted by atomic mass is 10.0. The quantitative estimate of drug-likeness (QED) is 0.749. The summed E-state index contributed by atoms with van der Waals surface area (Å²) in [5.74, 6) is -4.45. The van der Waals surface area contributed by atoms with Crippen LogP contribution < -0.4 is 5.01 Å². The van der Waals surface area contributed by atoms with Crippen molar-refractivity contribution in [1.29, 1.82) is 0 Å². The van der Waals surface area contributed by atoms with E-state index in [-0.39, 0.29) is 5.69 Å². The lowest BCUT2D eigenvalue weighted by molar-refractivity contribution is -0.119. The number of halogens is 3. The molecule has 1 heterocycles. The zero-order valence-corrected chi connectivity index (χ0v) is 9.88. The third-order valence-electron chi connectivity index (χ3n) is 2.89. The van der Waals surface area contributed by atoms with E-state index >= 15 is 0 Å². The maximum Gasteiger partial charge on any atom is 0.256 e. The van der Waals surface area contributed by atoms with Gasteiger partial charge in [0.25, 0.3) is 5.91 Å². The van der Waals surface area contributed by atoms with Crippen molar-refractivity contribution in [2.45, 2.75) is 20.3 Å². The van der Waals surface area contributed by atoms with E-state index in [4.69, 9.17) is 0 Å². The Morgan fingerprint density at radius 2 is 1.83 bits per heavy atom. The van der Waals surface area contributed by atoms with Gasteiger partial charge in [0.1, 0.15) is 5.69 Å². The largest absolute Gasteiger partial charge is 0.272 e. The summed E-state index contributed by atoms with van der Waals surface area (Å²) >= 11 is 0. The summed E-state index contributed by atoms with van der Waals surface area (Å²) in [6, 6.07) is 1.04. The average molecular weight is 256 g/mol. The van der Waals surface area contributed by atoms with Crippen LogP contribution in [0.4, 0.5) is 18.9 Å².